The number of nitrogens with two attached hydrogens (primary N) is 1. The van der Waals surface area contributed by atoms with Crippen LogP contribution in [-0.2, 0) is 0 Å². The summed E-state index contributed by atoms with van der Waals surface area (Å²) >= 11 is 14.1. The highest BCUT2D eigenvalue weighted by atomic mass is 35.5. The summed E-state index contributed by atoms with van der Waals surface area (Å²) in [4.78, 5) is 18.8. The van der Waals surface area contributed by atoms with E-state index in [0.717, 1.165) is 37.5 Å². The van der Waals surface area contributed by atoms with Crippen LogP contribution in [0.1, 0.15) is 24.4 Å². The SMILES string of the molecule is CCC(Sc1cccc(Cl)c1Cl)c1nc(N)nc(N2CCN(C)CC2)n1. The first-order valence-corrected chi connectivity index (χ1v) is 10.2. The summed E-state index contributed by atoms with van der Waals surface area (Å²) in [6.07, 6.45) is 0.832. The van der Waals surface area contributed by atoms with E-state index in [4.69, 9.17) is 33.9 Å². The van der Waals surface area contributed by atoms with E-state index < -0.39 is 0 Å². The Hall–Kier alpha value is -1.28. The molecule has 0 radical (unpaired) electrons. The van der Waals surface area contributed by atoms with Gasteiger partial charge >= 0.3 is 0 Å². The summed E-state index contributed by atoms with van der Waals surface area (Å²) in [6, 6.07) is 5.62. The lowest BCUT2D eigenvalue weighted by atomic mass is 10.3. The number of rotatable bonds is 5. The van der Waals surface area contributed by atoms with Gasteiger partial charge in [0.2, 0.25) is 11.9 Å². The summed E-state index contributed by atoms with van der Waals surface area (Å²) in [6.45, 7) is 5.80. The van der Waals surface area contributed by atoms with Gasteiger partial charge in [0.15, 0.2) is 0 Å². The molecule has 1 aromatic carbocycles. The molecule has 2 N–H and O–H groups in total. The molecule has 1 aliphatic heterocycles. The molecule has 1 fully saturated rings. The maximum absolute atomic E-state index is 6.34. The molecule has 1 unspecified atom stereocenters. The Morgan fingerprint density at radius 2 is 1.88 bits per heavy atom. The molecule has 140 valence electrons. The normalized spacial score (nSPS) is 16.7. The summed E-state index contributed by atoms with van der Waals surface area (Å²) in [5.41, 5.74) is 5.98. The van der Waals surface area contributed by atoms with Crippen LogP contribution < -0.4 is 10.6 Å². The van der Waals surface area contributed by atoms with Crippen LogP contribution in [0.2, 0.25) is 10.0 Å². The number of hydrogen-bond acceptors (Lipinski definition) is 7. The second kappa shape index (κ2) is 8.61. The number of thioether (sulfide) groups is 1. The number of aromatic nitrogens is 3. The maximum Gasteiger partial charge on any atom is 0.230 e. The molecule has 0 spiro atoms. The lowest BCUT2D eigenvalue weighted by molar-refractivity contribution is 0.311. The fourth-order valence-corrected chi connectivity index (χ4v) is 4.28. The van der Waals surface area contributed by atoms with E-state index in [9.17, 15) is 0 Å². The topological polar surface area (TPSA) is 71.2 Å². The van der Waals surface area contributed by atoms with Crippen molar-refractivity contribution < 1.29 is 0 Å². The first-order valence-electron chi connectivity index (χ1n) is 8.53. The van der Waals surface area contributed by atoms with Crippen LogP contribution in [0.15, 0.2) is 23.1 Å². The number of halogens is 2. The number of piperazine rings is 1. The van der Waals surface area contributed by atoms with Gasteiger partial charge in [-0.15, -0.1) is 11.8 Å². The minimum absolute atomic E-state index is 0.0162. The second-order valence-electron chi connectivity index (χ2n) is 6.21. The van der Waals surface area contributed by atoms with E-state index in [1.165, 1.54) is 0 Å². The number of nitrogens with zero attached hydrogens (tertiary/aromatic N) is 5. The predicted molar refractivity (Wildman–Crippen MR) is 109 cm³/mol. The highest BCUT2D eigenvalue weighted by Gasteiger charge is 2.22. The zero-order valence-corrected chi connectivity index (χ0v) is 17.2. The first kappa shape index (κ1) is 19.5. The Morgan fingerprint density at radius 1 is 1.15 bits per heavy atom. The highest BCUT2D eigenvalue weighted by Crippen LogP contribution is 2.42. The molecular weight excluding hydrogens is 391 g/mol. The number of anilines is 2. The average Bonchev–Trinajstić information content (AvgIpc) is 2.63. The number of hydrogen-bond donors (Lipinski definition) is 1. The quantitative estimate of drug-likeness (QED) is 0.749. The first-order chi connectivity index (χ1) is 12.5. The van der Waals surface area contributed by atoms with E-state index in [0.29, 0.717) is 21.8 Å². The molecule has 9 heteroatoms. The Balaban J connectivity index is 1.85. The standard InChI is InChI=1S/C17H22Cl2N6S/c1-3-12(26-13-6-4-5-11(18)14(13)19)15-21-16(20)23-17(22-15)25-9-7-24(2)8-10-25/h4-6,12H,3,7-10H2,1-2H3,(H2,20,21,22,23). The van der Waals surface area contributed by atoms with Gasteiger partial charge in [0.25, 0.3) is 0 Å². The van der Waals surface area contributed by atoms with Crippen molar-refractivity contribution in [2.75, 3.05) is 43.9 Å². The van der Waals surface area contributed by atoms with Gasteiger partial charge in [-0.3, -0.25) is 0 Å². The summed E-state index contributed by atoms with van der Waals surface area (Å²) in [5, 5.41) is 1.11. The largest absolute Gasteiger partial charge is 0.368 e. The molecule has 26 heavy (non-hydrogen) atoms. The molecule has 1 saturated heterocycles. The summed E-state index contributed by atoms with van der Waals surface area (Å²) in [5.74, 6) is 1.58. The fraction of sp³-hybridized carbons (Fsp3) is 0.471. The van der Waals surface area contributed by atoms with Crippen LogP contribution in [0.25, 0.3) is 0 Å². The van der Waals surface area contributed by atoms with Crippen molar-refractivity contribution in [2.45, 2.75) is 23.5 Å². The third kappa shape index (κ3) is 4.52. The van der Waals surface area contributed by atoms with Crippen molar-refractivity contribution in [3.05, 3.63) is 34.1 Å². The zero-order chi connectivity index (χ0) is 18.7. The molecule has 0 aliphatic carbocycles. The minimum Gasteiger partial charge on any atom is -0.368 e. The van der Waals surface area contributed by atoms with Gasteiger partial charge in [0.1, 0.15) is 5.82 Å². The van der Waals surface area contributed by atoms with Crippen molar-refractivity contribution in [3.63, 3.8) is 0 Å². The van der Waals surface area contributed by atoms with E-state index in [2.05, 4.69) is 33.7 Å². The Kier molecular flexibility index (Phi) is 6.45. The van der Waals surface area contributed by atoms with Gasteiger partial charge in [0, 0.05) is 31.1 Å². The molecule has 2 aromatic rings. The smallest absolute Gasteiger partial charge is 0.230 e. The Morgan fingerprint density at radius 3 is 2.58 bits per heavy atom. The van der Waals surface area contributed by atoms with Gasteiger partial charge in [-0.1, -0.05) is 36.2 Å². The van der Waals surface area contributed by atoms with Crippen LogP contribution in [0.4, 0.5) is 11.9 Å². The van der Waals surface area contributed by atoms with Crippen LogP contribution in [0.5, 0.6) is 0 Å². The lowest BCUT2D eigenvalue weighted by Crippen LogP contribution is -2.45. The third-order valence-electron chi connectivity index (χ3n) is 4.29. The molecule has 2 heterocycles. The minimum atomic E-state index is 0.0162. The number of likely N-dealkylation sites (N-methyl/N-ethyl adjacent to an activating group) is 1. The van der Waals surface area contributed by atoms with Gasteiger partial charge in [-0.05, 0) is 25.6 Å². The molecule has 0 bridgehead atoms. The van der Waals surface area contributed by atoms with Crippen molar-refractivity contribution in [1.82, 2.24) is 19.9 Å². The molecule has 1 aliphatic rings. The van der Waals surface area contributed by atoms with E-state index >= 15 is 0 Å². The average molecular weight is 413 g/mol. The second-order valence-corrected chi connectivity index (χ2v) is 8.24. The molecule has 0 amide bonds. The van der Waals surface area contributed by atoms with Crippen molar-refractivity contribution in [3.8, 4) is 0 Å². The van der Waals surface area contributed by atoms with Crippen LogP contribution in [0.3, 0.4) is 0 Å². The molecule has 1 atom stereocenters. The predicted octanol–water partition coefficient (Wildman–Crippen LogP) is 3.76. The molecule has 0 saturated carbocycles. The van der Waals surface area contributed by atoms with Crippen molar-refractivity contribution in [2.24, 2.45) is 0 Å². The molecule has 3 rings (SSSR count). The maximum atomic E-state index is 6.34. The fourth-order valence-electron chi connectivity index (χ4n) is 2.74. The third-order valence-corrected chi connectivity index (χ3v) is 6.64. The van der Waals surface area contributed by atoms with Crippen LogP contribution in [-0.4, -0.2) is 53.1 Å². The molecular formula is C17H22Cl2N6S. The lowest BCUT2D eigenvalue weighted by Gasteiger charge is -2.32. The van der Waals surface area contributed by atoms with Gasteiger partial charge < -0.3 is 15.5 Å². The molecule has 6 nitrogen and oxygen atoms in total. The zero-order valence-electron chi connectivity index (χ0n) is 14.8. The van der Waals surface area contributed by atoms with E-state index in [1.54, 1.807) is 17.8 Å². The summed E-state index contributed by atoms with van der Waals surface area (Å²) in [7, 11) is 2.11. The monoisotopic (exact) mass is 412 g/mol. The van der Waals surface area contributed by atoms with Gasteiger partial charge in [-0.2, -0.15) is 15.0 Å². The van der Waals surface area contributed by atoms with Crippen molar-refractivity contribution >= 4 is 46.9 Å². The Labute approximate surface area is 168 Å². The van der Waals surface area contributed by atoms with Crippen LogP contribution >= 0.6 is 35.0 Å². The Bertz CT molecular complexity index is 767. The van der Waals surface area contributed by atoms with Gasteiger partial charge in [0.05, 0.1) is 15.3 Å². The summed E-state index contributed by atoms with van der Waals surface area (Å²) < 4.78 is 0. The number of benzene rings is 1. The van der Waals surface area contributed by atoms with E-state index in [1.807, 2.05) is 12.1 Å². The van der Waals surface area contributed by atoms with Crippen LogP contribution in [0, 0.1) is 0 Å². The van der Waals surface area contributed by atoms with Gasteiger partial charge in [-0.25, -0.2) is 0 Å². The van der Waals surface area contributed by atoms with E-state index in [-0.39, 0.29) is 11.2 Å². The van der Waals surface area contributed by atoms with Crippen molar-refractivity contribution in [1.29, 1.82) is 0 Å². The highest BCUT2D eigenvalue weighted by molar-refractivity contribution is 7.99. The number of nitrogen functional groups attached to an aromatic ring is 1. The molecule has 1 aromatic heterocycles.